The van der Waals surface area contributed by atoms with E-state index in [0.29, 0.717) is 35.6 Å². The van der Waals surface area contributed by atoms with Crippen LogP contribution in [0.5, 0.6) is 0 Å². The normalized spacial score (nSPS) is 21.3. The van der Waals surface area contributed by atoms with Crippen LogP contribution in [0.2, 0.25) is 0 Å². The molecule has 1 fully saturated rings. The van der Waals surface area contributed by atoms with Crippen molar-refractivity contribution in [2.45, 2.75) is 44.9 Å². The van der Waals surface area contributed by atoms with Crippen molar-refractivity contribution in [1.29, 1.82) is 0 Å². The molecule has 0 unspecified atom stereocenters. The van der Waals surface area contributed by atoms with E-state index in [1.54, 1.807) is 6.20 Å². The highest BCUT2D eigenvalue weighted by atomic mass is 32.2. The zero-order chi connectivity index (χ0) is 26.2. The minimum Gasteiger partial charge on any atom is -0.393 e. The molecule has 2 aliphatic rings. The van der Waals surface area contributed by atoms with Crippen molar-refractivity contribution in [1.82, 2.24) is 19.7 Å². The molecule has 0 saturated heterocycles. The van der Waals surface area contributed by atoms with Crippen LogP contribution in [0.3, 0.4) is 0 Å². The maximum Gasteiger partial charge on any atom is 0.333 e. The third-order valence-electron chi connectivity index (χ3n) is 6.91. The molecule has 13 heteroatoms. The first-order valence-electron chi connectivity index (χ1n) is 12.0. The molecule has 0 spiro atoms. The predicted molar refractivity (Wildman–Crippen MR) is 139 cm³/mol. The lowest BCUT2D eigenvalue weighted by atomic mass is 10.1. The highest BCUT2D eigenvalue weighted by Crippen LogP contribution is 2.32. The number of nitrogens with one attached hydrogen (secondary N) is 2. The first kappa shape index (κ1) is 25.7. The molecule has 4 heterocycles. The lowest BCUT2D eigenvalue weighted by Crippen LogP contribution is -2.32. The molecule has 0 amide bonds. The Labute approximate surface area is 218 Å². The van der Waals surface area contributed by atoms with Crippen LogP contribution in [0.15, 0.2) is 36.9 Å². The number of rotatable bonds is 9. The summed E-state index contributed by atoms with van der Waals surface area (Å²) in [6.45, 7) is 3.49. The standard InChI is InChI=1S/C24H28N6O5S2/c1-14-17(12-30-6-4-15-3-2-5-26-24(15)30)8-21(36-14)22(32)19-11-25-13-27-23(19)29-18-7-16(20(31)9-18)10-28-37(33,34)35/h2-3,5,8,11,13,16,18,20,28,31H,4,6-7,9-10,12H2,1H3,(H,25,27,29)(H,33,34,35)/t16-,18-,20+/m1/s1. The van der Waals surface area contributed by atoms with E-state index < -0.39 is 16.4 Å². The van der Waals surface area contributed by atoms with Crippen LogP contribution in [-0.4, -0.2) is 64.0 Å². The molecule has 3 atom stereocenters. The molecule has 0 aromatic carbocycles. The number of aryl methyl sites for hydroxylation is 1. The SMILES string of the molecule is Cc1sc(C(=O)c2cncnc2N[C@@H]2C[C@H](CNS(=O)(=O)O)[C@@H](O)C2)cc1CN1CCc2cccnc21. The van der Waals surface area contributed by atoms with Gasteiger partial charge in [0.25, 0.3) is 0 Å². The lowest BCUT2D eigenvalue weighted by Gasteiger charge is -2.17. The van der Waals surface area contributed by atoms with Crippen molar-refractivity contribution in [2.24, 2.45) is 5.92 Å². The van der Waals surface area contributed by atoms with E-state index in [1.165, 1.54) is 29.4 Å². The number of ketones is 1. The molecule has 196 valence electrons. The second-order valence-corrected chi connectivity index (χ2v) is 11.9. The molecule has 3 aromatic heterocycles. The average Bonchev–Trinajstić information content (AvgIpc) is 3.54. The summed E-state index contributed by atoms with van der Waals surface area (Å²) < 4.78 is 32.9. The Morgan fingerprint density at radius 3 is 2.95 bits per heavy atom. The van der Waals surface area contributed by atoms with E-state index in [1.807, 2.05) is 23.8 Å². The molecular weight excluding hydrogens is 516 g/mol. The minimum absolute atomic E-state index is 0.0813. The van der Waals surface area contributed by atoms with Crippen LogP contribution < -0.4 is 14.9 Å². The lowest BCUT2D eigenvalue weighted by molar-refractivity contribution is 0.104. The third kappa shape index (κ3) is 5.80. The summed E-state index contributed by atoms with van der Waals surface area (Å²) in [5.74, 6) is 0.789. The van der Waals surface area contributed by atoms with Crippen molar-refractivity contribution in [3.63, 3.8) is 0 Å². The number of anilines is 2. The number of carbonyl (C=O) groups is 1. The molecule has 1 aliphatic carbocycles. The summed E-state index contributed by atoms with van der Waals surface area (Å²) in [7, 11) is -4.34. The van der Waals surface area contributed by atoms with Crippen LogP contribution in [-0.2, 0) is 23.3 Å². The van der Waals surface area contributed by atoms with Gasteiger partial charge in [-0.25, -0.2) is 15.0 Å². The molecule has 5 rings (SSSR count). The fourth-order valence-electron chi connectivity index (χ4n) is 5.01. The maximum absolute atomic E-state index is 13.5. The van der Waals surface area contributed by atoms with Crippen LogP contribution >= 0.6 is 11.3 Å². The summed E-state index contributed by atoms with van der Waals surface area (Å²) in [5, 5.41) is 13.6. The highest BCUT2D eigenvalue weighted by molar-refractivity contribution is 7.83. The number of nitrogens with zero attached hydrogens (tertiary/aromatic N) is 4. The fourth-order valence-corrected chi connectivity index (χ4v) is 6.42. The molecule has 0 radical (unpaired) electrons. The van der Waals surface area contributed by atoms with Gasteiger partial charge in [-0.1, -0.05) is 6.07 Å². The maximum atomic E-state index is 13.5. The van der Waals surface area contributed by atoms with Gasteiger partial charge >= 0.3 is 10.3 Å². The predicted octanol–water partition coefficient (Wildman–Crippen LogP) is 1.98. The molecule has 4 N–H and O–H groups in total. The number of carbonyl (C=O) groups excluding carboxylic acids is 1. The molecule has 37 heavy (non-hydrogen) atoms. The monoisotopic (exact) mass is 544 g/mol. The van der Waals surface area contributed by atoms with Crippen molar-refractivity contribution < 1.29 is 22.9 Å². The summed E-state index contributed by atoms with van der Waals surface area (Å²) in [6, 6.07) is 5.74. The Bertz CT molecular complexity index is 1410. The van der Waals surface area contributed by atoms with Gasteiger partial charge in [0.05, 0.1) is 16.5 Å². The quantitative estimate of drug-likeness (QED) is 0.232. The topological polar surface area (TPSA) is 158 Å². The van der Waals surface area contributed by atoms with Gasteiger partial charge in [0.2, 0.25) is 5.78 Å². The summed E-state index contributed by atoms with van der Waals surface area (Å²) in [5.41, 5.74) is 2.64. The number of thiophene rings is 1. The van der Waals surface area contributed by atoms with E-state index in [9.17, 15) is 18.3 Å². The van der Waals surface area contributed by atoms with Gasteiger partial charge in [-0.15, -0.1) is 11.3 Å². The van der Waals surface area contributed by atoms with Crippen molar-refractivity contribution in [2.75, 3.05) is 23.3 Å². The Morgan fingerprint density at radius 2 is 2.14 bits per heavy atom. The van der Waals surface area contributed by atoms with Crippen LogP contribution in [0.25, 0.3) is 0 Å². The van der Waals surface area contributed by atoms with E-state index in [4.69, 9.17) is 4.55 Å². The van der Waals surface area contributed by atoms with Gasteiger partial charge in [-0.05, 0) is 49.4 Å². The number of hydrogen-bond acceptors (Lipinski definition) is 10. The molecule has 11 nitrogen and oxygen atoms in total. The van der Waals surface area contributed by atoms with E-state index >= 15 is 0 Å². The number of pyridine rings is 1. The number of hydrogen-bond donors (Lipinski definition) is 4. The van der Waals surface area contributed by atoms with E-state index in [-0.39, 0.29) is 24.3 Å². The second kappa shape index (κ2) is 10.4. The number of aromatic nitrogens is 3. The van der Waals surface area contributed by atoms with Gasteiger partial charge in [0, 0.05) is 48.9 Å². The van der Waals surface area contributed by atoms with Gasteiger partial charge in [0.1, 0.15) is 18.0 Å². The number of aliphatic hydroxyl groups excluding tert-OH is 1. The summed E-state index contributed by atoms with van der Waals surface area (Å²) >= 11 is 1.43. The largest absolute Gasteiger partial charge is 0.393 e. The first-order chi connectivity index (χ1) is 17.7. The van der Waals surface area contributed by atoms with Crippen LogP contribution in [0.1, 0.15) is 44.1 Å². The van der Waals surface area contributed by atoms with Crippen molar-refractivity contribution in [3.8, 4) is 0 Å². The Hall–Kier alpha value is -2.97. The van der Waals surface area contributed by atoms with Crippen molar-refractivity contribution >= 4 is 39.1 Å². The Kier molecular flexibility index (Phi) is 7.23. The van der Waals surface area contributed by atoms with Crippen LogP contribution in [0, 0.1) is 12.8 Å². The zero-order valence-corrected chi connectivity index (χ0v) is 21.8. The highest BCUT2D eigenvalue weighted by Gasteiger charge is 2.34. The molecular formula is C24H28N6O5S2. The van der Waals surface area contributed by atoms with Gasteiger partial charge in [-0.2, -0.15) is 13.1 Å². The number of aliphatic hydroxyl groups is 1. The summed E-state index contributed by atoms with van der Waals surface area (Å²) in [4.78, 5) is 30.2. The average molecular weight is 545 g/mol. The number of fused-ring (bicyclic) bond motifs is 1. The van der Waals surface area contributed by atoms with Crippen LogP contribution in [0.4, 0.5) is 11.6 Å². The molecule has 1 saturated carbocycles. The Balaban J connectivity index is 1.29. The summed E-state index contributed by atoms with van der Waals surface area (Å²) in [6.07, 6.45) is 5.61. The molecule has 3 aromatic rings. The minimum atomic E-state index is -4.34. The Morgan fingerprint density at radius 1 is 1.30 bits per heavy atom. The van der Waals surface area contributed by atoms with Gasteiger partial charge in [-0.3, -0.25) is 9.35 Å². The first-order valence-corrected chi connectivity index (χ1v) is 14.2. The smallest absolute Gasteiger partial charge is 0.333 e. The zero-order valence-electron chi connectivity index (χ0n) is 20.2. The molecule has 0 bridgehead atoms. The van der Waals surface area contributed by atoms with E-state index in [2.05, 4.69) is 31.2 Å². The molecule has 1 aliphatic heterocycles. The van der Waals surface area contributed by atoms with Gasteiger partial charge < -0.3 is 15.3 Å². The van der Waals surface area contributed by atoms with Gasteiger partial charge in [0.15, 0.2) is 0 Å². The van der Waals surface area contributed by atoms with E-state index in [0.717, 1.165) is 29.2 Å². The fraction of sp³-hybridized carbons (Fsp3) is 0.417. The van der Waals surface area contributed by atoms with Crippen molar-refractivity contribution in [3.05, 3.63) is 63.4 Å². The second-order valence-electron chi connectivity index (χ2n) is 9.43. The third-order valence-corrected chi connectivity index (χ3v) is 8.53.